The highest BCUT2D eigenvalue weighted by molar-refractivity contribution is 5.90. The van der Waals surface area contributed by atoms with E-state index in [0.717, 1.165) is 40.4 Å². The van der Waals surface area contributed by atoms with Gasteiger partial charge in [0.15, 0.2) is 0 Å². The first-order chi connectivity index (χ1) is 12.2. The van der Waals surface area contributed by atoms with Gasteiger partial charge in [0.25, 0.3) is 0 Å². The van der Waals surface area contributed by atoms with Crippen molar-refractivity contribution in [3.05, 3.63) is 70.9 Å². The van der Waals surface area contributed by atoms with Crippen LogP contribution < -0.4 is 5.32 Å². The highest BCUT2D eigenvalue weighted by atomic mass is 16.3. The quantitative estimate of drug-likeness (QED) is 0.621. The molecule has 1 aromatic heterocycles. The molecule has 0 saturated carbocycles. The molecule has 4 heteroatoms. The summed E-state index contributed by atoms with van der Waals surface area (Å²) in [7, 11) is 0. The Morgan fingerprint density at radius 1 is 1.08 bits per heavy atom. The molecule has 4 nitrogen and oxygen atoms in total. The highest BCUT2D eigenvalue weighted by Crippen LogP contribution is 2.22. The molecule has 0 atom stereocenters. The zero-order chi connectivity index (χ0) is 17.6. The Labute approximate surface area is 147 Å². The summed E-state index contributed by atoms with van der Waals surface area (Å²) in [5, 5.41) is 13.2. The van der Waals surface area contributed by atoms with Gasteiger partial charge in [-0.3, -0.25) is 4.79 Å². The number of hydrogen-bond acceptors (Lipinski definition) is 2. The van der Waals surface area contributed by atoms with E-state index in [2.05, 4.69) is 29.4 Å². The van der Waals surface area contributed by atoms with Gasteiger partial charge in [-0.15, -0.1) is 0 Å². The largest absolute Gasteiger partial charge is 0.392 e. The van der Waals surface area contributed by atoms with Crippen LogP contribution in [0.3, 0.4) is 0 Å². The minimum absolute atomic E-state index is 0.0368. The van der Waals surface area contributed by atoms with Crippen molar-refractivity contribution in [2.45, 2.75) is 32.8 Å². The van der Waals surface area contributed by atoms with Crippen molar-refractivity contribution >= 4 is 16.8 Å². The zero-order valence-electron chi connectivity index (χ0n) is 14.5. The lowest BCUT2D eigenvalue weighted by Gasteiger charge is -2.06. The van der Waals surface area contributed by atoms with E-state index in [1.807, 2.05) is 36.5 Å². The number of aromatic amines is 1. The number of aliphatic hydroxyl groups excluding tert-OH is 1. The Morgan fingerprint density at radius 2 is 1.84 bits per heavy atom. The number of rotatable bonds is 7. The van der Waals surface area contributed by atoms with Crippen LogP contribution in [-0.4, -0.2) is 22.5 Å². The van der Waals surface area contributed by atoms with E-state index in [-0.39, 0.29) is 12.5 Å². The van der Waals surface area contributed by atoms with E-state index in [4.69, 9.17) is 5.11 Å². The molecule has 0 aliphatic heterocycles. The SMILES string of the molecule is CCc1cccc2c(CC(=O)NCCc3ccc(CO)cc3)c[nH]c12. The molecule has 0 unspecified atom stereocenters. The Bertz CT molecular complexity index is 850. The van der Waals surface area contributed by atoms with Gasteiger partial charge < -0.3 is 15.4 Å². The second-order valence-electron chi connectivity index (χ2n) is 6.26. The second kappa shape index (κ2) is 7.99. The monoisotopic (exact) mass is 336 g/mol. The van der Waals surface area contributed by atoms with Crippen molar-refractivity contribution in [1.82, 2.24) is 10.3 Å². The number of benzene rings is 2. The fraction of sp³-hybridized carbons (Fsp3) is 0.286. The van der Waals surface area contributed by atoms with Gasteiger partial charge in [-0.25, -0.2) is 0 Å². The Kier molecular flexibility index (Phi) is 5.51. The number of aryl methyl sites for hydroxylation is 1. The first-order valence-electron chi connectivity index (χ1n) is 8.74. The van der Waals surface area contributed by atoms with Gasteiger partial charge in [-0.2, -0.15) is 0 Å². The fourth-order valence-electron chi connectivity index (χ4n) is 3.11. The summed E-state index contributed by atoms with van der Waals surface area (Å²) in [6.45, 7) is 2.80. The number of H-pyrrole nitrogens is 1. The summed E-state index contributed by atoms with van der Waals surface area (Å²) >= 11 is 0. The maximum absolute atomic E-state index is 12.2. The van der Waals surface area contributed by atoms with Gasteiger partial charge in [0.2, 0.25) is 5.91 Å². The lowest BCUT2D eigenvalue weighted by atomic mass is 10.1. The van der Waals surface area contributed by atoms with Gasteiger partial charge >= 0.3 is 0 Å². The van der Waals surface area contributed by atoms with Crippen molar-refractivity contribution in [1.29, 1.82) is 0 Å². The Balaban J connectivity index is 1.56. The summed E-state index contributed by atoms with van der Waals surface area (Å²) in [6, 6.07) is 14.0. The van der Waals surface area contributed by atoms with Crippen molar-refractivity contribution in [2.24, 2.45) is 0 Å². The molecule has 2 aromatic carbocycles. The van der Waals surface area contributed by atoms with Gasteiger partial charge in [0.05, 0.1) is 13.0 Å². The normalized spacial score (nSPS) is 11.0. The third-order valence-electron chi connectivity index (χ3n) is 4.56. The molecule has 0 aliphatic rings. The molecule has 3 aromatic rings. The molecule has 0 saturated heterocycles. The number of fused-ring (bicyclic) bond motifs is 1. The predicted octanol–water partition coefficient (Wildman–Crippen LogP) is 3.12. The van der Waals surface area contributed by atoms with E-state index in [1.165, 1.54) is 5.56 Å². The molecule has 3 N–H and O–H groups in total. The minimum Gasteiger partial charge on any atom is -0.392 e. The smallest absolute Gasteiger partial charge is 0.224 e. The average Bonchev–Trinajstić information content (AvgIpc) is 3.05. The molecule has 0 spiro atoms. The molecule has 0 bridgehead atoms. The molecular weight excluding hydrogens is 312 g/mol. The summed E-state index contributed by atoms with van der Waals surface area (Å²) in [5.41, 5.74) is 5.50. The van der Waals surface area contributed by atoms with Crippen molar-refractivity contribution < 1.29 is 9.90 Å². The summed E-state index contributed by atoms with van der Waals surface area (Å²) in [6.07, 6.45) is 4.08. The van der Waals surface area contributed by atoms with Crippen LogP contribution in [0, 0.1) is 0 Å². The van der Waals surface area contributed by atoms with Crippen LogP contribution in [0.1, 0.15) is 29.2 Å². The third kappa shape index (κ3) is 4.09. The van der Waals surface area contributed by atoms with Crippen LogP contribution in [0.2, 0.25) is 0 Å². The topological polar surface area (TPSA) is 65.1 Å². The number of amides is 1. The van der Waals surface area contributed by atoms with Crippen LogP contribution in [0.4, 0.5) is 0 Å². The van der Waals surface area contributed by atoms with Crippen molar-refractivity contribution in [2.75, 3.05) is 6.54 Å². The number of aliphatic hydroxyl groups is 1. The molecular formula is C21H24N2O2. The number of aromatic nitrogens is 1. The maximum Gasteiger partial charge on any atom is 0.224 e. The lowest BCUT2D eigenvalue weighted by Crippen LogP contribution is -2.27. The van der Waals surface area contributed by atoms with Crippen LogP contribution >= 0.6 is 0 Å². The van der Waals surface area contributed by atoms with Crippen LogP contribution in [0.25, 0.3) is 10.9 Å². The molecule has 1 amide bonds. The summed E-state index contributed by atoms with van der Waals surface area (Å²) < 4.78 is 0. The van der Waals surface area contributed by atoms with E-state index in [9.17, 15) is 4.79 Å². The lowest BCUT2D eigenvalue weighted by molar-refractivity contribution is -0.120. The van der Waals surface area contributed by atoms with Crippen LogP contribution in [0.15, 0.2) is 48.7 Å². The Morgan fingerprint density at radius 3 is 2.56 bits per heavy atom. The van der Waals surface area contributed by atoms with Gasteiger partial charge in [0, 0.05) is 23.6 Å². The first-order valence-corrected chi connectivity index (χ1v) is 8.74. The van der Waals surface area contributed by atoms with Crippen LogP contribution in [-0.2, 0) is 30.7 Å². The maximum atomic E-state index is 12.2. The minimum atomic E-state index is 0.0368. The highest BCUT2D eigenvalue weighted by Gasteiger charge is 2.10. The Hall–Kier alpha value is -2.59. The molecule has 0 radical (unpaired) electrons. The number of nitrogens with one attached hydrogen (secondary N) is 2. The average molecular weight is 336 g/mol. The van der Waals surface area contributed by atoms with Crippen LogP contribution in [0.5, 0.6) is 0 Å². The van der Waals surface area contributed by atoms with Gasteiger partial charge in [-0.05, 0) is 35.1 Å². The standard InChI is InChI=1S/C21H24N2O2/c1-2-17-4-3-5-19-18(13-23-21(17)19)12-20(25)22-11-10-15-6-8-16(14-24)9-7-15/h3-9,13,23-24H,2,10-12,14H2,1H3,(H,22,25). The molecule has 3 rings (SSSR count). The van der Waals surface area contributed by atoms with E-state index in [1.54, 1.807) is 0 Å². The van der Waals surface area contributed by atoms with E-state index >= 15 is 0 Å². The molecule has 25 heavy (non-hydrogen) atoms. The summed E-state index contributed by atoms with van der Waals surface area (Å²) in [5.74, 6) is 0.0368. The number of hydrogen-bond donors (Lipinski definition) is 3. The summed E-state index contributed by atoms with van der Waals surface area (Å²) in [4.78, 5) is 15.5. The zero-order valence-corrected chi connectivity index (χ0v) is 14.5. The fourth-order valence-corrected chi connectivity index (χ4v) is 3.11. The number of carbonyl (C=O) groups excluding carboxylic acids is 1. The third-order valence-corrected chi connectivity index (χ3v) is 4.56. The van der Waals surface area contributed by atoms with Gasteiger partial charge in [0.1, 0.15) is 0 Å². The predicted molar refractivity (Wildman–Crippen MR) is 100 cm³/mol. The first kappa shape index (κ1) is 17.2. The molecule has 130 valence electrons. The second-order valence-corrected chi connectivity index (χ2v) is 6.26. The number of para-hydroxylation sites is 1. The number of carbonyl (C=O) groups is 1. The van der Waals surface area contributed by atoms with Crippen molar-refractivity contribution in [3.8, 4) is 0 Å². The van der Waals surface area contributed by atoms with E-state index < -0.39 is 0 Å². The molecule has 0 fully saturated rings. The van der Waals surface area contributed by atoms with E-state index in [0.29, 0.717) is 13.0 Å². The molecule has 0 aliphatic carbocycles. The molecule has 1 heterocycles. The van der Waals surface area contributed by atoms with Crippen molar-refractivity contribution in [3.63, 3.8) is 0 Å². The van der Waals surface area contributed by atoms with Gasteiger partial charge in [-0.1, -0.05) is 49.4 Å².